The number of ether oxygens (including phenoxy) is 1. The monoisotopic (exact) mass is 425 g/mol. The molecule has 1 atom stereocenters. The zero-order valence-corrected chi connectivity index (χ0v) is 19.7. The molecule has 6 nitrogen and oxygen atoms in total. The van der Waals surface area contributed by atoms with Crippen molar-refractivity contribution < 1.29 is 14.3 Å². The number of hydrogen-bond donors (Lipinski definition) is 0. The minimum atomic E-state index is -0.302. The second-order valence-corrected chi connectivity index (χ2v) is 8.54. The van der Waals surface area contributed by atoms with Gasteiger partial charge in [0.25, 0.3) is 0 Å². The second kappa shape index (κ2) is 9.58. The molecule has 0 saturated carbocycles. The van der Waals surface area contributed by atoms with E-state index in [1.54, 1.807) is 0 Å². The lowest BCUT2D eigenvalue weighted by Crippen LogP contribution is -2.53. The summed E-state index contributed by atoms with van der Waals surface area (Å²) in [6.07, 6.45) is 1.08. The number of amides is 1. The van der Waals surface area contributed by atoms with Crippen molar-refractivity contribution in [2.24, 2.45) is 7.05 Å². The summed E-state index contributed by atoms with van der Waals surface area (Å²) in [5, 5.41) is 0. The predicted molar refractivity (Wildman–Crippen MR) is 124 cm³/mol. The molecule has 2 heterocycles. The number of aromatic nitrogens is 1. The quantitative estimate of drug-likeness (QED) is 0.661. The lowest BCUT2D eigenvalue weighted by molar-refractivity contribution is -0.131. The number of hydrogen-bond acceptors (Lipinski definition) is 4. The van der Waals surface area contributed by atoms with Crippen LogP contribution in [-0.2, 0) is 23.0 Å². The number of carbonyl (C=O) groups is 2. The molecule has 1 fully saturated rings. The minimum Gasteiger partial charge on any atom is -0.461 e. The van der Waals surface area contributed by atoms with Gasteiger partial charge in [-0.1, -0.05) is 12.1 Å². The van der Waals surface area contributed by atoms with Gasteiger partial charge in [-0.3, -0.25) is 4.79 Å². The molecule has 0 bridgehead atoms. The highest BCUT2D eigenvalue weighted by Crippen LogP contribution is 2.25. The van der Waals surface area contributed by atoms with Gasteiger partial charge in [0.2, 0.25) is 5.91 Å². The first-order valence-corrected chi connectivity index (χ1v) is 11.2. The van der Waals surface area contributed by atoms with Crippen molar-refractivity contribution in [3.8, 4) is 0 Å². The third-order valence-electron chi connectivity index (χ3n) is 6.45. The predicted octanol–water partition coefficient (Wildman–Crippen LogP) is 3.80. The maximum atomic E-state index is 13.0. The van der Waals surface area contributed by atoms with Crippen molar-refractivity contribution in [2.75, 3.05) is 31.1 Å². The number of piperazine rings is 1. The molecule has 0 unspecified atom stereocenters. The average molecular weight is 426 g/mol. The van der Waals surface area contributed by atoms with Gasteiger partial charge < -0.3 is 19.1 Å². The fourth-order valence-electron chi connectivity index (χ4n) is 4.66. The summed E-state index contributed by atoms with van der Waals surface area (Å²) in [7, 11) is 1.88. The van der Waals surface area contributed by atoms with E-state index in [-0.39, 0.29) is 17.9 Å². The van der Waals surface area contributed by atoms with Crippen molar-refractivity contribution in [3.05, 3.63) is 52.3 Å². The van der Waals surface area contributed by atoms with E-state index in [0.717, 1.165) is 36.5 Å². The summed E-state index contributed by atoms with van der Waals surface area (Å²) in [6, 6.07) is 8.81. The molecule has 168 valence electrons. The Morgan fingerprint density at radius 2 is 1.90 bits per heavy atom. The lowest BCUT2D eigenvalue weighted by atomic mass is 10.0. The molecule has 6 heteroatoms. The first kappa shape index (κ1) is 22.9. The van der Waals surface area contributed by atoms with Crippen molar-refractivity contribution >= 4 is 17.6 Å². The second-order valence-electron chi connectivity index (χ2n) is 8.54. The Morgan fingerprint density at radius 3 is 2.55 bits per heavy atom. The summed E-state index contributed by atoms with van der Waals surface area (Å²) < 4.78 is 7.09. The van der Waals surface area contributed by atoms with Crippen LogP contribution in [0.1, 0.15) is 53.1 Å². The molecule has 31 heavy (non-hydrogen) atoms. The smallest absolute Gasteiger partial charge is 0.355 e. The Bertz CT molecular complexity index is 963. The third-order valence-corrected chi connectivity index (χ3v) is 6.45. The number of benzene rings is 1. The average Bonchev–Trinajstić information content (AvgIpc) is 2.94. The van der Waals surface area contributed by atoms with Crippen LogP contribution in [0.2, 0.25) is 0 Å². The molecule has 2 aromatic rings. The summed E-state index contributed by atoms with van der Waals surface area (Å²) in [4.78, 5) is 29.7. The number of esters is 1. The van der Waals surface area contributed by atoms with E-state index < -0.39 is 0 Å². The lowest BCUT2D eigenvalue weighted by Gasteiger charge is -2.41. The van der Waals surface area contributed by atoms with Gasteiger partial charge in [-0.15, -0.1) is 0 Å². The van der Waals surface area contributed by atoms with E-state index in [2.05, 4.69) is 43.0 Å². The van der Waals surface area contributed by atoms with Crippen LogP contribution in [0.5, 0.6) is 0 Å². The Labute approximate surface area is 185 Å². The maximum Gasteiger partial charge on any atom is 0.355 e. The summed E-state index contributed by atoms with van der Waals surface area (Å²) >= 11 is 0. The molecule has 1 aromatic heterocycles. The molecule has 1 amide bonds. The van der Waals surface area contributed by atoms with Crippen LogP contribution in [0, 0.1) is 20.8 Å². The van der Waals surface area contributed by atoms with Gasteiger partial charge in [-0.25, -0.2) is 4.79 Å². The normalized spacial score (nSPS) is 16.5. The van der Waals surface area contributed by atoms with Crippen molar-refractivity contribution in [1.29, 1.82) is 0 Å². The first-order valence-electron chi connectivity index (χ1n) is 11.2. The fourth-order valence-corrected chi connectivity index (χ4v) is 4.66. The number of rotatable bonds is 6. The largest absolute Gasteiger partial charge is 0.461 e. The van der Waals surface area contributed by atoms with Crippen LogP contribution < -0.4 is 4.90 Å². The van der Waals surface area contributed by atoms with Gasteiger partial charge in [-0.2, -0.15) is 0 Å². The van der Waals surface area contributed by atoms with E-state index in [9.17, 15) is 9.59 Å². The van der Waals surface area contributed by atoms with Gasteiger partial charge in [-0.05, 0) is 69.9 Å². The zero-order valence-electron chi connectivity index (χ0n) is 19.7. The van der Waals surface area contributed by atoms with E-state index in [4.69, 9.17) is 4.74 Å². The highest BCUT2D eigenvalue weighted by atomic mass is 16.5. The Morgan fingerprint density at radius 1 is 1.16 bits per heavy atom. The van der Waals surface area contributed by atoms with Crippen LogP contribution in [0.15, 0.2) is 24.3 Å². The fraction of sp³-hybridized carbons (Fsp3) is 0.520. The maximum absolute atomic E-state index is 13.0. The third kappa shape index (κ3) is 4.78. The molecule has 0 aliphatic carbocycles. The van der Waals surface area contributed by atoms with E-state index in [0.29, 0.717) is 25.1 Å². The molecule has 1 saturated heterocycles. The standard InChI is InChI=1S/C25H35N3O3/c1-7-31-25(30)24-19(4)22(20(5)26(24)6)11-12-23(29)27-13-14-28(18(3)16-27)21-10-8-9-17(2)15-21/h8-10,15,18H,7,11-14,16H2,1-6H3/t18-/m0/s1. The molecule has 0 radical (unpaired) electrons. The van der Waals surface area contributed by atoms with Gasteiger partial charge in [0.1, 0.15) is 5.69 Å². The van der Waals surface area contributed by atoms with Crippen molar-refractivity contribution in [2.45, 2.75) is 53.5 Å². The van der Waals surface area contributed by atoms with Crippen LogP contribution in [-0.4, -0.2) is 53.6 Å². The molecule has 3 rings (SSSR count). The number of anilines is 1. The van der Waals surface area contributed by atoms with Crippen LogP contribution in [0.4, 0.5) is 5.69 Å². The van der Waals surface area contributed by atoms with Gasteiger partial charge >= 0.3 is 5.97 Å². The molecule has 1 aromatic carbocycles. The molecule has 0 spiro atoms. The summed E-state index contributed by atoms with van der Waals surface area (Å²) in [6.45, 7) is 12.7. The SMILES string of the molecule is CCOC(=O)c1c(C)c(CCC(=O)N2CCN(c3cccc(C)c3)[C@@H](C)C2)c(C)n1C. The van der Waals surface area contributed by atoms with Crippen molar-refractivity contribution in [3.63, 3.8) is 0 Å². The number of nitrogens with zero attached hydrogens (tertiary/aromatic N) is 3. The summed E-state index contributed by atoms with van der Waals surface area (Å²) in [5.41, 5.74) is 6.07. The Balaban J connectivity index is 1.63. The van der Waals surface area contributed by atoms with Gasteiger partial charge in [0.05, 0.1) is 6.61 Å². The Hall–Kier alpha value is -2.76. The highest BCUT2D eigenvalue weighted by Gasteiger charge is 2.28. The molecule has 1 aliphatic rings. The van der Waals surface area contributed by atoms with Crippen LogP contribution in [0.3, 0.4) is 0 Å². The summed E-state index contributed by atoms with van der Waals surface area (Å²) in [5.74, 6) is -0.125. The molecule has 0 N–H and O–H groups in total. The van der Waals surface area contributed by atoms with E-state index >= 15 is 0 Å². The van der Waals surface area contributed by atoms with Crippen LogP contribution >= 0.6 is 0 Å². The van der Waals surface area contributed by atoms with Crippen LogP contribution in [0.25, 0.3) is 0 Å². The number of aryl methyl sites for hydroxylation is 1. The topological polar surface area (TPSA) is 54.8 Å². The molecular formula is C25H35N3O3. The number of carbonyl (C=O) groups excluding carboxylic acids is 2. The minimum absolute atomic E-state index is 0.177. The van der Waals surface area contributed by atoms with Gasteiger partial charge in [0, 0.05) is 50.5 Å². The zero-order chi connectivity index (χ0) is 22.7. The molecular weight excluding hydrogens is 390 g/mol. The van der Waals surface area contributed by atoms with E-state index in [1.165, 1.54) is 11.3 Å². The Kier molecular flexibility index (Phi) is 7.08. The van der Waals surface area contributed by atoms with Gasteiger partial charge in [0.15, 0.2) is 0 Å². The van der Waals surface area contributed by atoms with Crippen molar-refractivity contribution in [1.82, 2.24) is 9.47 Å². The first-order chi connectivity index (χ1) is 14.7. The molecule has 1 aliphatic heterocycles. The highest BCUT2D eigenvalue weighted by molar-refractivity contribution is 5.90. The van der Waals surface area contributed by atoms with E-state index in [1.807, 2.05) is 37.3 Å².